The van der Waals surface area contributed by atoms with Gasteiger partial charge in [0.1, 0.15) is 24.4 Å². The Morgan fingerprint density at radius 1 is 0.556 bits per heavy atom. The van der Waals surface area contributed by atoms with Gasteiger partial charge in [-0.25, -0.2) is 0 Å². The molecule has 0 spiro atoms. The molecule has 1 aliphatic rings. The second-order valence-electron chi connectivity index (χ2n) is 16.1. The zero-order valence-corrected chi connectivity index (χ0v) is 39.0. The first kappa shape index (κ1) is 57.6. The standard InChI is InChI=1S/C54H87NO8/c1-3-5-7-9-11-13-15-17-18-19-20-21-22-23-24-25-26-27-28-29-30-32-34-36-38-40-42-44-50(58)55-47(46-62-54-53(61)52(60)51(59)49(45-56)63-54)48(57)43-41-39-37-35-33-31-16-14-12-10-8-6-4-2/h5,7,11-14,17-18,20-21,23-24,26-27,29-30,33,35,41,43,47-49,51-54,56-57,59-61H,3-4,6,8-10,15-16,19,22,25,28,31-32,34,36-40,42,44-46H2,1-2H3,(H,55,58)/b7-5-,13-11-,14-12+,18-17-,21-20-,24-23-,27-26-,30-29-,35-33+,43-41+. The fourth-order valence-electron chi connectivity index (χ4n) is 6.64. The van der Waals surface area contributed by atoms with Gasteiger partial charge in [0.05, 0.1) is 25.4 Å². The largest absolute Gasteiger partial charge is 0.394 e. The van der Waals surface area contributed by atoms with E-state index in [4.69, 9.17) is 9.47 Å². The Balaban J connectivity index is 2.34. The van der Waals surface area contributed by atoms with Gasteiger partial charge in [-0.15, -0.1) is 0 Å². The third-order valence-corrected chi connectivity index (χ3v) is 10.5. The molecule has 9 heteroatoms. The lowest BCUT2D eigenvalue weighted by Crippen LogP contribution is -2.60. The van der Waals surface area contributed by atoms with Crippen molar-refractivity contribution >= 4 is 5.91 Å². The first-order chi connectivity index (χ1) is 30.8. The number of hydrogen-bond donors (Lipinski definition) is 6. The Bertz CT molecular complexity index is 1390. The molecule has 0 aromatic carbocycles. The molecule has 7 unspecified atom stereocenters. The van der Waals surface area contributed by atoms with Gasteiger partial charge in [-0.2, -0.15) is 0 Å². The molecule has 0 aromatic heterocycles. The highest BCUT2D eigenvalue weighted by atomic mass is 16.7. The van der Waals surface area contributed by atoms with Crippen LogP contribution in [0.1, 0.15) is 155 Å². The molecule has 1 rings (SSSR count). The maximum Gasteiger partial charge on any atom is 0.220 e. The van der Waals surface area contributed by atoms with E-state index in [1.54, 1.807) is 6.08 Å². The van der Waals surface area contributed by atoms with Gasteiger partial charge < -0.3 is 40.3 Å². The van der Waals surface area contributed by atoms with Crippen LogP contribution in [0.2, 0.25) is 0 Å². The van der Waals surface area contributed by atoms with Gasteiger partial charge in [0.25, 0.3) is 0 Å². The lowest BCUT2D eigenvalue weighted by Gasteiger charge is -2.40. The summed E-state index contributed by atoms with van der Waals surface area (Å²) >= 11 is 0. The molecule has 9 nitrogen and oxygen atoms in total. The molecule has 0 radical (unpaired) electrons. The van der Waals surface area contributed by atoms with E-state index in [9.17, 15) is 30.3 Å². The molecule has 63 heavy (non-hydrogen) atoms. The summed E-state index contributed by atoms with van der Waals surface area (Å²) in [5, 5.41) is 54.2. The highest BCUT2D eigenvalue weighted by molar-refractivity contribution is 5.76. The summed E-state index contributed by atoms with van der Waals surface area (Å²) in [6.07, 6.45) is 56.7. The zero-order valence-electron chi connectivity index (χ0n) is 39.0. The normalized spacial score (nSPS) is 21.3. The Kier molecular flexibility index (Phi) is 38.9. The number of nitrogens with one attached hydrogen (secondary N) is 1. The van der Waals surface area contributed by atoms with Gasteiger partial charge >= 0.3 is 0 Å². The summed E-state index contributed by atoms with van der Waals surface area (Å²) in [6.45, 7) is 3.56. The Labute approximate surface area is 382 Å². The molecule has 0 aliphatic carbocycles. The molecule has 356 valence electrons. The highest BCUT2D eigenvalue weighted by Crippen LogP contribution is 2.22. The van der Waals surface area contributed by atoms with Crippen LogP contribution in [0.25, 0.3) is 0 Å². The highest BCUT2D eigenvalue weighted by Gasteiger charge is 2.44. The number of aliphatic hydroxyl groups excluding tert-OH is 5. The van der Waals surface area contributed by atoms with Crippen LogP contribution in [0.15, 0.2) is 122 Å². The van der Waals surface area contributed by atoms with Crippen LogP contribution < -0.4 is 5.32 Å². The molecule has 1 amide bonds. The number of hydrogen-bond acceptors (Lipinski definition) is 8. The van der Waals surface area contributed by atoms with Gasteiger partial charge in [-0.1, -0.05) is 167 Å². The molecule has 0 bridgehead atoms. The van der Waals surface area contributed by atoms with Gasteiger partial charge in [0, 0.05) is 6.42 Å². The SMILES string of the molecule is CC/C=C\C/C=C\C/C=C\C/C=C\C/C=C\C/C=C\C/C=C\CCCCCCCC(=O)NC(COC1OC(CO)C(O)C(O)C1O)C(O)/C=C/CC/C=C/CC/C=C/CCCCC. The molecule has 0 aromatic rings. The number of aliphatic hydroxyl groups is 5. The zero-order chi connectivity index (χ0) is 45.9. The third-order valence-electron chi connectivity index (χ3n) is 10.5. The summed E-state index contributed by atoms with van der Waals surface area (Å²) in [5.41, 5.74) is 0. The predicted octanol–water partition coefficient (Wildman–Crippen LogP) is 10.8. The number of carbonyl (C=O) groups is 1. The summed E-state index contributed by atoms with van der Waals surface area (Å²) in [7, 11) is 0. The lowest BCUT2D eigenvalue weighted by atomic mass is 9.99. The summed E-state index contributed by atoms with van der Waals surface area (Å²) in [6, 6.07) is -0.847. The van der Waals surface area contributed by atoms with Gasteiger partial charge in [-0.3, -0.25) is 4.79 Å². The van der Waals surface area contributed by atoms with Crippen LogP contribution in [-0.2, 0) is 14.3 Å². The quantitative estimate of drug-likeness (QED) is 0.0265. The number of carbonyl (C=O) groups excluding carboxylic acids is 1. The Morgan fingerprint density at radius 3 is 1.52 bits per heavy atom. The smallest absolute Gasteiger partial charge is 0.220 e. The fourth-order valence-corrected chi connectivity index (χ4v) is 6.64. The molecule has 1 fully saturated rings. The van der Waals surface area contributed by atoms with Gasteiger partial charge in [0.15, 0.2) is 6.29 Å². The van der Waals surface area contributed by atoms with Gasteiger partial charge in [0.2, 0.25) is 5.91 Å². The van der Waals surface area contributed by atoms with E-state index >= 15 is 0 Å². The van der Waals surface area contributed by atoms with Crippen molar-refractivity contribution in [2.75, 3.05) is 13.2 Å². The van der Waals surface area contributed by atoms with Crippen molar-refractivity contribution in [2.45, 2.75) is 198 Å². The number of ether oxygens (including phenoxy) is 2. The number of amides is 1. The average Bonchev–Trinajstić information content (AvgIpc) is 3.28. The van der Waals surface area contributed by atoms with Crippen LogP contribution in [0.5, 0.6) is 0 Å². The van der Waals surface area contributed by atoms with Crippen molar-refractivity contribution in [3.05, 3.63) is 122 Å². The van der Waals surface area contributed by atoms with E-state index in [1.807, 2.05) is 6.08 Å². The van der Waals surface area contributed by atoms with Crippen molar-refractivity contribution in [1.82, 2.24) is 5.32 Å². The van der Waals surface area contributed by atoms with E-state index in [-0.39, 0.29) is 12.5 Å². The first-order valence-electron chi connectivity index (χ1n) is 24.3. The van der Waals surface area contributed by atoms with Crippen LogP contribution in [0.4, 0.5) is 0 Å². The summed E-state index contributed by atoms with van der Waals surface area (Å²) < 4.78 is 11.2. The minimum Gasteiger partial charge on any atom is -0.394 e. The maximum absolute atomic E-state index is 13.0. The molecule has 1 heterocycles. The Morgan fingerprint density at radius 2 is 1.00 bits per heavy atom. The number of unbranched alkanes of at least 4 members (excludes halogenated alkanes) is 10. The fraction of sp³-hybridized carbons (Fsp3) is 0.611. The van der Waals surface area contributed by atoms with Crippen molar-refractivity contribution in [3.63, 3.8) is 0 Å². The Hall–Kier alpha value is -3.41. The van der Waals surface area contributed by atoms with Crippen molar-refractivity contribution in [1.29, 1.82) is 0 Å². The van der Waals surface area contributed by atoms with Crippen molar-refractivity contribution < 1.29 is 39.8 Å². The number of rotatable bonds is 38. The molecule has 0 saturated carbocycles. The maximum atomic E-state index is 13.0. The van der Waals surface area contributed by atoms with E-state index in [0.29, 0.717) is 12.8 Å². The van der Waals surface area contributed by atoms with E-state index in [0.717, 1.165) is 109 Å². The third kappa shape index (κ3) is 32.8. The molecule has 1 saturated heterocycles. The van der Waals surface area contributed by atoms with Crippen molar-refractivity contribution in [3.8, 4) is 0 Å². The molecular formula is C54H87NO8. The first-order valence-corrected chi connectivity index (χ1v) is 24.3. The number of allylic oxidation sites excluding steroid dienone is 19. The lowest BCUT2D eigenvalue weighted by molar-refractivity contribution is -0.302. The monoisotopic (exact) mass is 878 g/mol. The summed E-state index contributed by atoms with van der Waals surface area (Å²) in [5.74, 6) is -0.218. The molecule has 7 atom stereocenters. The second-order valence-corrected chi connectivity index (χ2v) is 16.1. The van der Waals surface area contributed by atoms with E-state index in [2.05, 4.69) is 129 Å². The predicted molar refractivity (Wildman–Crippen MR) is 262 cm³/mol. The second kappa shape index (κ2) is 42.5. The minimum atomic E-state index is -1.59. The topological polar surface area (TPSA) is 149 Å². The van der Waals surface area contributed by atoms with Crippen molar-refractivity contribution in [2.24, 2.45) is 0 Å². The molecule has 6 N–H and O–H groups in total. The van der Waals surface area contributed by atoms with Crippen LogP contribution in [-0.4, -0.2) is 87.5 Å². The average molecular weight is 878 g/mol. The minimum absolute atomic E-state index is 0.218. The van der Waals surface area contributed by atoms with E-state index < -0.39 is 49.5 Å². The summed E-state index contributed by atoms with van der Waals surface area (Å²) in [4.78, 5) is 13.0. The van der Waals surface area contributed by atoms with Gasteiger partial charge in [-0.05, 0) is 103 Å². The van der Waals surface area contributed by atoms with Crippen LogP contribution >= 0.6 is 0 Å². The molecule has 1 aliphatic heterocycles. The van der Waals surface area contributed by atoms with E-state index in [1.165, 1.54) is 19.3 Å². The van der Waals surface area contributed by atoms with Crippen LogP contribution in [0, 0.1) is 0 Å². The molecular weight excluding hydrogens is 791 g/mol. The van der Waals surface area contributed by atoms with Crippen LogP contribution in [0.3, 0.4) is 0 Å².